The molecule has 29 heavy (non-hydrogen) atoms. The van der Waals surface area contributed by atoms with E-state index in [0.717, 1.165) is 49.0 Å². The van der Waals surface area contributed by atoms with Crippen molar-refractivity contribution < 1.29 is 19.3 Å². The van der Waals surface area contributed by atoms with Gasteiger partial charge in [-0.15, -0.1) is 24.0 Å². The molecule has 2 rings (SSSR count). The van der Waals surface area contributed by atoms with Gasteiger partial charge in [-0.05, 0) is 30.5 Å². The Morgan fingerprint density at radius 2 is 1.97 bits per heavy atom. The minimum atomic E-state index is -0.142. The van der Waals surface area contributed by atoms with E-state index in [2.05, 4.69) is 35.5 Å². The quantitative estimate of drug-likeness (QED) is 0.263. The Hall–Kier alpha value is -1.26. The molecule has 0 amide bonds. The molecular weight excluding hydrogens is 485 g/mol. The van der Waals surface area contributed by atoms with Crippen LogP contribution in [-0.2, 0) is 10.2 Å². The number of hydrogen-bond acceptors (Lipinski definition) is 5. The fourth-order valence-electron chi connectivity index (χ4n) is 3.47. The van der Waals surface area contributed by atoms with Crippen molar-refractivity contribution in [1.82, 2.24) is 10.6 Å². The Morgan fingerprint density at radius 1 is 1.24 bits per heavy atom. The minimum Gasteiger partial charge on any atom is -0.493 e. The van der Waals surface area contributed by atoms with Crippen LogP contribution in [0, 0.1) is 5.41 Å². The van der Waals surface area contributed by atoms with Crippen molar-refractivity contribution in [2.45, 2.75) is 32.1 Å². The Kier molecular flexibility index (Phi) is 10.5. The number of aliphatic imine (C=N–C) groups is 1. The van der Waals surface area contributed by atoms with Crippen LogP contribution in [0.5, 0.6) is 11.5 Å². The number of nitrogens with zero attached hydrogens (tertiary/aromatic N) is 1. The van der Waals surface area contributed by atoms with E-state index in [4.69, 9.17) is 14.2 Å². The first-order valence-electron chi connectivity index (χ1n) is 9.75. The molecule has 1 aromatic rings. The van der Waals surface area contributed by atoms with Gasteiger partial charge in [-0.3, -0.25) is 4.99 Å². The van der Waals surface area contributed by atoms with Gasteiger partial charge in [-0.25, -0.2) is 0 Å². The highest BCUT2D eigenvalue weighted by Crippen LogP contribution is 2.33. The lowest BCUT2D eigenvalue weighted by Crippen LogP contribution is -2.47. The molecule has 0 saturated carbocycles. The summed E-state index contributed by atoms with van der Waals surface area (Å²) in [6.45, 7) is 7.37. The van der Waals surface area contributed by atoms with Crippen LogP contribution in [0.25, 0.3) is 0 Å². The van der Waals surface area contributed by atoms with E-state index in [0.29, 0.717) is 13.2 Å². The number of guanidine groups is 1. The zero-order valence-electron chi connectivity index (χ0n) is 18.2. The standard InChI is InChI=1S/C21H35N3O4.HI/c1-20(2,16-6-7-17(26-4)18(12-16)27-5)13-23-19(22-3)24-14-21(8-10-25)9-11-28-15-21;/h6-7,12,25H,8-11,13-15H2,1-5H3,(H2,22,23,24);1H. The normalized spacial score (nSPS) is 19.4. The van der Waals surface area contributed by atoms with E-state index in [1.165, 1.54) is 0 Å². The smallest absolute Gasteiger partial charge is 0.191 e. The fourth-order valence-corrected chi connectivity index (χ4v) is 3.47. The number of hydrogen-bond donors (Lipinski definition) is 3. The van der Waals surface area contributed by atoms with Crippen molar-refractivity contribution in [1.29, 1.82) is 0 Å². The summed E-state index contributed by atoms with van der Waals surface area (Å²) in [7, 11) is 5.05. The van der Waals surface area contributed by atoms with E-state index < -0.39 is 0 Å². The first-order chi connectivity index (χ1) is 13.4. The molecule has 0 aliphatic carbocycles. The van der Waals surface area contributed by atoms with Crippen LogP contribution in [0.4, 0.5) is 0 Å². The van der Waals surface area contributed by atoms with Crippen LogP contribution in [0.2, 0.25) is 0 Å². The van der Waals surface area contributed by atoms with Crippen LogP contribution in [0.1, 0.15) is 32.3 Å². The molecule has 1 aliphatic rings. The second kappa shape index (κ2) is 11.8. The molecule has 0 aromatic heterocycles. The van der Waals surface area contributed by atoms with Gasteiger partial charge >= 0.3 is 0 Å². The lowest BCUT2D eigenvalue weighted by Gasteiger charge is -2.30. The molecule has 1 aromatic carbocycles. The number of ether oxygens (including phenoxy) is 3. The van der Waals surface area contributed by atoms with Crippen molar-refractivity contribution in [2.75, 3.05) is 54.2 Å². The zero-order valence-corrected chi connectivity index (χ0v) is 20.5. The summed E-state index contributed by atoms with van der Waals surface area (Å²) >= 11 is 0. The monoisotopic (exact) mass is 521 g/mol. The molecule has 0 radical (unpaired) electrons. The van der Waals surface area contributed by atoms with Gasteiger partial charge in [0, 0.05) is 44.2 Å². The number of methoxy groups -OCH3 is 2. The molecule has 0 bridgehead atoms. The van der Waals surface area contributed by atoms with Crippen LogP contribution < -0.4 is 20.1 Å². The van der Waals surface area contributed by atoms with Crippen molar-refractivity contribution in [2.24, 2.45) is 10.4 Å². The molecule has 1 heterocycles. The predicted octanol–water partition coefficient (Wildman–Crippen LogP) is 2.55. The Bertz CT molecular complexity index is 661. The molecule has 7 nitrogen and oxygen atoms in total. The van der Waals surface area contributed by atoms with Gasteiger partial charge in [0.25, 0.3) is 0 Å². The van der Waals surface area contributed by atoms with Crippen molar-refractivity contribution in [3.8, 4) is 11.5 Å². The average Bonchev–Trinajstić information content (AvgIpc) is 3.16. The molecule has 1 fully saturated rings. The summed E-state index contributed by atoms with van der Waals surface area (Å²) < 4.78 is 16.3. The van der Waals surface area contributed by atoms with Crippen molar-refractivity contribution in [3.63, 3.8) is 0 Å². The summed E-state index contributed by atoms with van der Waals surface area (Å²) in [6.07, 6.45) is 1.68. The summed E-state index contributed by atoms with van der Waals surface area (Å²) in [4.78, 5) is 4.34. The molecule has 1 unspecified atom stereocenters. The summed E-state index contributed by atoms with van der Waals surface area (Å²) in [6, 6.07) is 6.01. The SMILES string of the molecule is CN=C(NCC1(CCO)CCOC1)NCC(C)(C)c1ccc(OC)c(OC)c1.I. The number of benzene rings is 1. The molecule has 166 valence electrons. The maximum atomic E-state index is 9.38. The van der Waals surface area contributed by atoms with Gasteiger partial charge in [-0.2, -0.15) is 0 Å². The van der Waals surface area contributed by atoms with Crippen LogP contribution >= 0.6 is 24.0 Å². The van der Waals surface area contributed by atoms with Gasteiger partial charge < -0.3 is 30.0 Å². The van der Waals surface area contributed by atoms with Gasteiger partial charge in [0.1, 0.15) is 0 Å². The highest BCUT2D eigenvalue weighted by Gasteiger charge is 2.34. The largest absolute Gasteiger partial charge is 0.493 e. The maximum absolute atomic E-state index is 9.38. The van der Waals surface area contributed by atoms with E-state index in [9.17, 15) is 5.11 Å². The second-order valence-corrected chi connectivity index (χ2v) is 8.01. The lowest BCUT2D eigenvalue weighted by atomic mass is 9.84. The number of rotatable bonds is 9. The zero-order chi connectivity index (χ0) is 20.6. The maximum Gasteiger partial charge on any atom is 0.191 e. The molecule has 1 atom stereocenters. The van der Waals surface area contributed by atoms with Gasteiger partial charge in [0.05, 0.1) is 20.8 Å². The first kappa shape index (κ1) is 25.8. The van der Waals surface area contributed by atoms with E-state index in [1.807, 2.05) is 12.1 Å². The van der Waals surface area contributed by atoms with Crippen molar-refractivity contribution >= 4 is 29.9 Å². The molecule has 1 saturated heterocycles. The van der Waals surface area contributed by atoms with E-state index >= 15 is 0 Å². The molecular formula is C21H36IN3O4. The lowest BCUT2D eigenvalue weighted by molar-refractivity contribution is 0.127. The van der Waals surface area contributed by atoms with Crippen molar-refractivity contribution in [3.05, 3.63) is 23.8 Å². The highest BCUT2D eigenvalue weighted by atomic mass is 127. The third-order valence-electron chi connectivity index (χ3n) is 5.54. The number of nitrogens with one attached hydrogen (secondary N) is 2. The molecule has 1 aliphatic heterocycles. The summed E-state index contributed by atoms with van der Waals surface area (Å²) in [5.41, 5.74) is 0.982. The van der Waals surface area contributed by atoms with E-state index in [-0.39, 0.29) is 41.4 Å². The number of halogens is 1. The number of aliphatic hydroxyl groups excluding tert-OH is 1. The average molecular weight is 521 g/mol. The minimum absolute atomic E-state index is 0. The van der Waals surface area contributed by atoms with E-state index in [1.54, 1.807) is 21.3 Å². The Balaban J connectivity index is 0.00000420. The predicted molar refractivity (Wildman–Crippen MR) is 127 cm³/mol. The van der Waals surface area contributed by atoms with Gasteiger partial charge in [-0.1, -0.05) is 19.9 Å². The summed E-state index contributed by atoms with van der Waals surface area (Å²) in [5.74, 6) is 2.20. The first-order valence-corrected chi connectivity index (χ1v) is 9.75. The van der Waals surface area contributed by atoms with Gasteiger partial charge in [0.2, 0.25) is 0 Å². The van der Waals surface area contributed by atoms with Crippen LogP contribution in [0.15, 0.2) is 23.2 Å². The number of aliphatic hydroxyl groups is 1. The summed E-state index contributed by atoms with van der Waals surface area (Å²) in [5, 5.41) is 16.2. The fraction of sp³-hybridized carbons (Fsp3) is 0.667. The molecule has 0 spiro atoms. The third kappa shape index (κ3) is 6.89. The molecule has 3 N–H and O–H groups in total. The Labute approximate surface area is 191 Å². The topological polar surface area (TPSA) is 84.3 Å². The Morgan fingerprint density at radius 3 is 2.52 bits per heavy atom. The van der Waals surface area contributed by atoms with Gasteiger partial charge in [0.15, 0.2) is 17.5 Å². The van der Waals surface area contributed by atoms with Crippen LogP contribution in [-0.4, -0.2) is 65.2 Å². The van der Waals surface area contributed by atoms with Crippen LogP contribution in [0.3, 0.4) is 0 Å². The third-order valence-corrected chi connectivity index (χ3v) is 5.54. The molecule has 8 heteroatoms. The highest BCUT2D eigenvalue weighted by molar-refractivity contribution is 14.0. The second-order valence-electron chi connectivity index (χ2n) is 8.01.